The summed E-state index contributed by atoms with van der Waals surface area (Å²) in [5.41, 5.74) is 1.61. The summed E-state index contributed by atoms with van der Waals surface area (Å²) in [6.07, 6.45) is 0. The maximum atomic E-state index is 12.5. The van der Waals surface area contributed by atoms with Gasteiger partial charge in [-0.1, -0.05) is 23.7 Å². The third kappa shape index (κ3) is 3.83. The molecule has 0 saturated carbocycles. The van der Waals surface area contributed by atoms with Crippen LogP contribution in [0.1, 0.15) is 15.9 Å². The first kappa shape index (κ1) is 15.1. The highest BCUT2D eigenvalue weighted by molar-refractivity contribution is 6.30. The lowest BCUT2D eigenvalue weighted by molar-refractivity contribution is -0.138. The van der Waals surface area contributed by atoms with Crippen molar-refractivity contribution >= 4 is 29.0 Å². The Balaban J connectivity index is 2.24. The number of hydrogen-bond acceptors (Lipinski definition) is 4. The third-order valence-electron chi connectivity index (χ3n) is 2.93. The lowest BCUT2D eigenvalue weighted by Gasteiger charge is -2.10. The van der Waals surface area contributed by atoms with E-state index in [4.69, 9.17) is 11.6 Å². The van der Waals surface area contributed by atoms with Crippen LogP contribution in [-0.4, -0.2) is 25.4 Å². The fraction of sp³-hybridized carbons (Fsp3) is 0.125. The number of ether oxygens (including phenoxy) is 1. The van der Waals surface area contributed by atoms with Gasteiger partial charge >= 0.3 is 5.97 Å². The van der Waals surface area contributed by atoms with Gasteiger partial charge in [0, 0.05) is 21.8 Å². The number of rotatable bonds is 5. The van der Waals surface area contributed by atoms with E-state index >= 15 is 0 Å². The number of hydrogen-bond donors (Lipinski definition) is 1. The third-order valence-corrected chi connectivity index (χ3v) is 3.18. The highest BCUT2D eigenvalue weighted by Gasteiger charge is 2.13. The van der Waals surface area contributed by atoms with E-state index in [1.807, 2.05) is 0 Å². The van der Waals surface area contributed by atoms with E-state index in [0.29, 0.717) is 21.8 Å². The molecule has 0 unspecified atom stereocenters. The lowest BCUT2D eigenvalue weighted by atomic mass is 10.0. The minimum atomic E-state index is -0.399. The number of benzene rings is 2. The van der Waals surface area contributed by atoms with E-state index in [9.17, 15) is 9.59 Å². The van der Waals surface area contributed by atoms with E-state index in [2.05, 4.69) is 10.1 Å². The molecular weight excluding hydrogens is 290 g/mol. The number of para-hydroxylation sites is 1. The second-order valence-corrected chi connectivity index (χ2v) is 4.75. The molecule has 0 amide bonds. The van der Waals surface area contributed by atoms with Gasteiger partial charge < -0.3 is 10.1 Å². The molecule has 1 N–H and O–H groups in total. The minimum Gasteiger partial charge on any atom is -0.468 e. The predicted octanol–water partition coefficient (Wildman–Crippen LogP) is 3.16. The van der Waals surface area contributed by atoms with Crippen LogP contribution >= 0.6 is 11.6 Å². The largest absolute Gasteiger partial charge is 0.468 e. The van der Waals surface area contributed by atoms with Gasteiger partial charge in [-0.25, -0.2) is 0 Å². The molecule has 0 aliphatic carbocycles. The van der Waals surface area contributed by atoms with Gasteiger partial charge in [-0.3, -0.25) is 9.59 Å². The van der Waals surface area contributed by atoms with Crippen LogP contribution in [0, 0.1) is 0 Å². The number of nitrogens with one attached hydrogen (secondary N) is 1. The SMILES string of the molecule is COC(=O)CNc1ccccc1C(=O)c1ccc(Cl)cc1. The molecule has 0 spiro atoms. The molecule has 0 aromatic heterocycles. The lowest BCUT2D eigenvalue weighted by Crippen LogP contribution is -2.17. The van der Waals surface area contributed by atoms with Crippen LogP contribution in [0.25, 0.3) is 0 Å². The van der Waals surface area contributed by atoms with Crippen molar-refractivity contribution in [1.82, 2.24) is 0 Å². The molecule has 0 saturated heterocycles. The maximum absolute atomic E-state index is 12.5. The molecule has 0 heterocycles. The molecule has 108 valence electrons. The highest BCUT2D eigenvalue weighted by Crippen LogP contribution is 2.20. The molecular formula is C16H14ClNO3. The van der Waals surface area contributed by atoms with Gasteiger partial charge in [0.25, 0.3) is 0 Å². The van der Waals surface area contributed by atoms with Crippen molar-refractivity contribution in [3.8, 4) is 0 Å². The molecule has 5 heteroatoms. The zero-order valence-electron chi connectivity index (χ0n) is 11.4. The summed E-state index contributed by atoms with van der Waals surface area (Å²) in [6, 6.07) is 13.7. The number of ketones is 1. The Morgan fingerprint density at radius 3 is 2.43 bits per heavy atom. The Kier molecular flexibility index (Phi) is 4.95. The molecule has 0 fully saturated rings. The van der Waals surface area contributed by atoms with Crippen LogP contribution in [0.5, 0.6) is 0 Å². The molecule has 0 radical (unpaired) electrons. The number of esters is 1. The normalized spacial score (nSPS) is 10.0. The summed E-state index contributed by atoms with van der Waals surface area (Å²) >= 11 is 5.82. The molecule has 0 aliphatic rings. The van der Waals surface area contributed by atoms with Crippen LogP contribution in [0.15, 0.2) is 48.5 Å². The highest BCUT2D eigenvalue weighted by atomic mass is 35.5. The number of carbonyl (C=O) groups is 2. The van der Waals surface area contributed by atoms with Gasteiger partial charge in [0.2, 0.25) is 0 Å². The van der Waals surface area contributed by atoms with Gasteiger partial charge in [0.1, 0.15) is 6.54 Å². The van der Waals surface area contributed by atoms with E-state index in [1.165, 1.54) is 7.11 Å². The summed E-state index contributed by atoms with van der Waals surface area (Å²) in [5, 5.41) is 3.48. The topological polar surface area (TPSA) is 55.4 Å². The first-order valence-electron chi connectivity index (χ1n) is 6.32. The Labute approximate surface area is 127 Å². The second-order valence-electron chi connectivity index (χ2n) is 4.31. The van der Waals surface area contributed by atoms with Gasteiger partial charge in [-0.2, -0.15) is 0 Å². The number of halogens is 1. The summed E-state index contributed by atoms with van der Waals surface area (Å²) < 4.78 is 4.57. The van der Waals surface area contributed by atoms with Crippen LogP contribution in [0.3, 0.4) is 0 Å². The fourth-order valence-corrected chi connectivity index (χ4v) is 1.96. The average molecular weight is 304 g/mol. The van der Waals surface area contributed by atoms with E-state index in [1.54, 1.807) is 48.5 Å². The van der Waals surface area contributed by atoms with E-state index < -0.39 is 5.97 Å². The predicted molar refractivity (Wildman–Crippen MR) is 81.8 cm³/mol. The van der Waals surface area contributed by atoms with Gasteiger partial charge in [0.15, 0.2) is 5.78 Å². The molecule has 2 aromatic carbocycles. The standard InChI is InChI=1S/C16H14ClNO3/c1-21-15(19)10-18-14-5-3-2-4-13(14)16(20)11-6-8-12(17)9-7-11/h2-9,18H,10H2,1H3. The fourth-order valence-electron chi connectivity index (χ4n) is 1.83. The van der Waals surface area contributed by atoms with Crippen molar-refractivity contribution in [2.75, 3.05) is 19.0 Å². The molecule has 2 aromatic rings. The number of methoxy groups -OCH3 is 1. The zero-order valence-corrected chi connectivity index (χ0v) is 12.2. The first-order chi connectivity index (χ1) is 10.1. The van der Waals surface area contributed by atoms with Crippen molar-refractivity contribution in [3.63, 3.8) is 0 Å². The van der Waals surface area contributed by atoms with Crippen LogP contribution in [0.2, 0.25) is 5.02 Å². The van der Waals surface area contributed by atoms with Crippen molar-refractivity contribution in [2.24, 2.45) is 0 Å². The molecule has 21 heavy (non-hydrogen) atoms. The summed E-state index contributed by atoms with van der Waals surface area (Å²) in [7, 11) is 1.31. The molecule has 0 aliphatic heterocycles. The second kappa shape index (κ2) is 6.90. The van der Waals surface area contributed by atoms with Gasteiger partial charge in [-0.15, -0.1) is 0 Å². The van der Waals surface area contributed by atoms with Gasteiger partial charge in [-0.05, 0) is 36.4 Å². The zero-order chi connectivity index (χ0) is 15.2. The van der Waals surface area contributed by atoms with Crippen molar-refractivity contribution in [3.05, 3.63) is 64.7 Å². The number of anilines is 1. The van der Waals surface area contributed by atoms with Crippen LogP contribution in [0.4, 0.5) is 5.69 Å². The molecule has 2 rings (SSSR count). The van der Waals surface area contributed by atoms with Crippen LogP contribution < -0.4 is 5.32 Å². The quantitative estimate of drug-likeness (QED) is 0.681. The van der Waals surface area contributed by atoms with E-state index in [0.717, 1.165) is 0 Å². The Morgan fingerprint density at radius 1 is 1.10 bits per heavy atom. The summed E-state index contributed by atoms with van der Waals surface area (Å²) in [4.78, 5) is 23.7. The molecule has 0 bridgehead atoms. The average Bonchev–Trinajstić information content (AvgIpc) is 2.53. The Morgan fingerprint density at radius 2 is 1.76 bits per heavy atom. The summed E-state index contributed by atoms with van der Waals surface area (Å²) in [5.74, 6) is -0.539. The van der Waals surface area contributed by atoms with Crippen molar-refractivity contribution in [1.29, 1.82) is 0 Å². The Hall–Kier alpha value is -2.33. The molecule has 4 nitrogen and oxygen atoms in total. The monoisotopic (exact) mass is 303 g/mol. The first-order valence-corrected chi connectivity index (χ1v) is 6.69. The minimum absolute atomic E-state index is 0.00140. The smallest absolute Gasteiger partial charge is 0.325 e. The molecule has 0 atom stereocenters. The van der Waals surface area contributed by atoms with E-state index in [-0.39, 0.29) is 12.3 Å². The Bertz CT molecular complexity index is 653. The summed E-state index contributed by atoms with van der Waals surface area (Å²) in [6.45, 7) is 0.00140. The van der Waals surface area contributed by atoms with Crippen LogP contribution in [-0.2, 0) is 9.53 Å². The number of carbonyl (C=O) groups excluding carboxylic acids is 2. The van der Waals surface area contributed by atoms with Crippen molar-refractivity contribution < 1.29 is 14.3 Å². The maximum Gasteiger partial charge on any atom is 0.325 e. The van der Waals surface area contributed by atoms with Gasteiger partial charge in [0.05, 0.1) is 7.11 Å². The van der Waals surface area contributed by atoms with Crippen molar-refractivity contribution in [2.45, 2.75) is 0 Å².